The number of rotatable bonds is 6. The van der Waals surface area contributed by atoms with Crippen LogP contribution in [0.4, 0.5) is 0 Å². The summed E-state index contributed by atoms with van der Waals surface area (Å²) in [6, 6.07) is 16.8. The number of ketones is 1. The van der Waals surface area contributed by atoms with Crippen LogP contribution in [0, 0.1) is 5.92 Å². The quantitative estimate of drug-likeness (QED) is 0.616. The molecule has 2 aromatic rings. The molecule has 2 fully saturated rings. The van der Waals surface area contributed by atoms with Crippen LogP contribution >= 0.6 is 12.4 Å². The van der Waals surface area contributed by atoms with E-state index < -0.39 is 0 Å². The van der Waals surface area contributed by atoms with E-state index in [0.29, 0.717) is 17.0 Å². The third-order valence-corrected chi connectivity index (χ3v) is 6.60. The Kier molecular flexibility index (Phi) is 8.85. The Morgan fingerprint density at radius 3 is 2.28 bits per heavy atom. The summed E-state index contributed by atoms with van der Waals surface area (Å²) in [5.41, 5.74) is 2.20. The molecule has 172 valence electrons. The van der Waals surface area contributed by atoms with Crippen molar-refractivity contribution in [1.29, 1.82) is 0 Å². The summed E-state index contributed by atoms with van der Waals surface area (Å²) in [6.07, 6.45) is 2.12. The van der Waals surface area contributed by atoms with E-state index in [2.05, 4.69) is 4.90 Å². The fourth-order valence-electron chi connectivity index (χ4n) is 4.61. The second-order valence-corrected chi connectivity index (χ2v) is 8.72. The molecule has 0 N–H and O–H groups in total. The van der Waals surface area contributed by atoms with E-state index in [9.17, 15) is 9.59 Å². The molecular formula is C26H33ClN2O3. The number of ether oxygens (including phenoxy) is 1. The molecule has 2 aliphatic heterocycles. The van der Waals surface area contributed by atoms with Gasteiger partial charge in [0.05, 0.1) is 19.1 Å². The average molecular weight is 457 g/mol. The van der Waals surface area contributed by atoms with Crippen LogP contribution < -0.4 is 0 Å². The first-order valence-electron chi connectivity index (χ1n) is 11.4. The molecule has 6 heteroatoms. The maximum Gasteiger partial charge on any atom is 0.229 e. The van der Waals surface area contributed by atoms with Crippen LogP contribution in [0.2, 0.25) is 0 Å². The molecule has 2 heterocycles. The van der Waals surface area contributed by atoms with Gasteiger partial charge in [0, 0.05) is 43.9 Å². The van der Waals surface area contributed by atoms with Gasteiger partial charge < -0.3 is 9.64 Å². The van der Waals surface area contributed by atoms with Gasteiger partial charge in [-0.15, -0.1) is 12.4 Å². The number of hydrogen-bond acceptors (Lipinski definition) is 4. The van der Waals surface area contributed by atoms with Crippen LogP contribution in [0.25, 0.3) is 0 Å². The molecule has 0 aromatic heterocycles. The van der Waals surface area contributed by atoms with Gasteiger partial charge in [0.25, 0.3) is 0 Å². The van der Waals surface area contributed by atoms with E-state index >= 15 is 0 Å². The molecular weight excluding hydrogens is 424 g/mol. The smallest absolute Gasteiger partial charge is 0.229 e. The van der Waals surface area contributed by atoms with Gasteiger partial charge in [-0.2, -0.15) is 0 Å². The number of carbonyl (C=O) groups is 2. The van der Waals surface area contributed by atoms with Crippen molar-refractivity contribution in [3.05, 3.63) is 71.3 Å². The lowest BCUT2D eigenvalue weighted by Crippen LogP contribution is -2.45. The Balaban J connectivity index is 0.00000289. The highest BCUT2D eigenvalue weighted by Gasteiger charge is 2.28. The molecule has 32 heavy (non-hydrogen) atoms. The third-order valence-electron chi connectivity index (χ3n) is 6.60. The van der Waals surface area contributed by atoms with Gasteiger partial charge >= 0.3 is 0 Å². The first kappa shape index (κ1) is 24.4. The number of likely N-dealkylation sites (tertiary alicyclic amines) is 1. The fourth-order valence-corrected chi connectivity index (χ4v) is 4.61. The van der Waals surface area contributed by atoms with Gasteiger partial charge in [-0.1, -0.05) is 48.5 Å². The number of nitrogens with zero attached hydrogens (tertiary/aromatic N) is 2. The van der Waals surface area contributed by atoms with Gasteiger partial charge in [0.15, 0.2) is 5.78 Å². The first-order valence-corrected chi connectivity index (χ1v) is 11.4. The minimum absolute atomic E-state index is 0. The Labute approximate surface area is 197 Å². The lowest BCUT2D eigenvalue weighted by molar-refractivity contribution is -0.134. The molecule has 1 unspecified atom stereocenters. The van der Waals surface area contributed by atoms with Crippen molar-refractivity contribution in [3.63, 3.8) is 0 Å². The summed E-state index contributed by atoms with van der Waals surface area (Å²) < 4.78 is 5.44. The molecule has 0 spiro atoms. The summed E-state index contributed by atoms with van der Waals surface area (Å²) in [5.74, 6) is 0.559. The minimum Gasteiger partial charge on any atom is -0.379 e. The highest BCUT2D eigenvalue weighted by atomic mass is 35.5. The Morgan fingerprint density at radius 1 is 0.938 bits per heavy atom. The summed E-state index contributed by atoms with van der Waals surface area (Å²) >= 11 is 0. The minimum atomic E-state index is -0.251. The third kappa shape index (κ3) is 5.97. The Morgan fingerprint density at radius 2 is 1.59 bits per heavy atom. The van der Waals surface area contributed by atoms with E-state index in [-0.39, 0.29) is 30.0 Å². The van der Waals surface area contributed by atoms with Crippen molar-refractivity contribution in [2.45, 2.75) is 25.7 Å². The molecule has 0 saturated carbocycles. The van der Waals surface area contributed by atoms with Gasteiger partial charge in [-0.25, -0.2) is 0 Å². The monoisotopic (exact) mass is 456 g/mol. The van der Waals surface area contributed by atoms with Gasteiger partial charge in [0.1, 0.15) is 0 Å². The number of morpholine rings is 1. The molecule has 1 atom stereocenters. The van der Waals surface area contributed by atoms with Crippen molar-refractivity contribution in [1.82, 2.24) is 9.80 Å². The van der Waals surface area contributed by atoms with Crippen LogP contribution in [-0.2, 0) is 9.53 Å². The van der Waals surface area contributed by atoms with E-state index in [0.717, 1.165) is 64.3 Å². The predicted molar refractivity (Wildman–Crippen MR) is 129 cm³/mol. The molecule has 2 aliphatic rings. The summed E-state index contributed by atoms with van der Waals surface area (Å²) in [7, 11) is 0. The maximum atomic E-state index is 13.2. The second kappa shape index (κ2) is 11.6. The summed E-state index contributed by atoms with van der Waals surface area (Å²) in [4.78, 5) is 30.4. The number of hydrogen-bond donors (Lipinski definition) is 0. The van der Waals surface area contributed by atoms with Gasteiger partial charge in [-0.05, 0) is 37.3 Å². The normalized spacial score (nSPS) is 18.6. The molecule has 0 aliphatic carbocycles. The number of benzene rings is 2. The first-order chi connectivity index (χ1) is 15.1. The maximum absolute atomic E-state index is 13.2. The fraction of sp³-hybridized carbons (Fsp3) is 0.462. The lowest BCUT2D eigenvalue weighted by Gasteiger charge is -2.37. The molecule has 2 aromatic carbocycles. The van der Waals surface area contributed by atoms with Crippen LogP contribution in [-0.4, -0.2) is 67.4 Å². The van der Waals surface area contributed by atoms with E-state index in [1.54, 1.807) is 0 Å². The molecule has 4 rings (SSSR count). The number of piperidine rings is 1. The van der Waals surface area contributed by atoms with E-state index in [4.69, 9.17) is 4.74 Å². The highest BCUT2D eigenvalue weighted by molar-refractivity contribution is 6.09. The zero-order valence-electron chi connectivity index (χ0n) is 18.7. The largest absolute Gasteiger partial charge is 0.379 e. The van der Waals surface area contributed by atoms with E-state index in [1.807, 2.05) is 66.4 Å². The van der Waals surface area contributed by atoms with Crippen LogP contribution in [0.5, 0.6) is 0 Å². The van der Waals surface area contributed by atoms with Crippen molar-refractivity contribution in [2.24, 2.45) is 5.92 Å². The standard InChI is InChI=1S/C26H32N2O3.ClH/c1-20(23-8-5-9-24(18-23)25(29)22-6-3-2-4-7-22)26(30)28-12-10-21(11-13-28)19-27-14-16-31-17-15-27;/h2-9,18,20-21H,10-17,19H2,1H3;1H. The second-order valence-electron chi connectivity index (χ2n) is 8.72. The van der Waals surface area contributed by atoms with Crippen molar-refractivity contribution in [2.75, 3.05) is 45.9 Å². The Bertz CT molecular complexity index is 891. The molecule has 2 saturated heterocycles. The van der Waals surface area contributed by atoms with Crippen LogP contribution in [0.3, 0.4) is 0 Å². The average Bonchev–Trinajstić information content (AvgIpc) is 2.84. The van der Waals surface area contributed by atoms with Crippen molar-refractivity contribution < 1.29 is 14.3 Å². The Hall–Kier alpha value is -2.21. The molecule has 5 nitrogen and oxygen atoms in total. The number of halogens is 1. The van der Waals surface area contributed by atoms with Crippen molar-refractivity contribution >= 4 is 24.1 Å². The zero-order valence-corrected chi connectivity index (χ0v) is 19.6. The summed E-state index contributed by atoms with van der Waals surface area (Å²) in [6.45, 7) is 8.42. The SMILES string of the molecule is CC(C(=O)N1CCC(CN2CCOCC2)CC1)c1cccc(C(=O)c2ccccc2)c1.Cl. The van der Waals surface area contributed by atoms with Gasteiger partial charge in [0.2, 0.25) is 5.91 Å². The molecule has 1 amide bonds. The number of carbonyl (C=O) groups excluding carboxylic acids is 2. The molecule has 0 radical (unpaired) electrons. The topological polar surface area (TPSA) is 49.9 Å². The predicted octanol–water partition coefficient (Wildman–Crippen LogP) is 4.01. The van der Waals surface area contributed by atoms with Crippen molar-refractivity contribution in [3.8, 4) is 0 Å². The van der Waals surface area contributed by atoms with Crippen LogP contribution in [0.15, 0.2) is 54.6 Å². The van der Waals surface area contributed by atoms with Gasteiger partial charge in [-0.3, -0.25) is 14.5 Å². The highest BCUT2D eigenvalue weighted by Crippen LogP contribution is 2.25. The zero-order chi connectivity index (χ0) is 21.6. The molecule has 0 bridgehead atoms. The summed E-state index contributed by atoms with van der Waals surface area (Å²) in [5, 5.41) is 0. The van der Waals surface area contributed by atoms with Crippen LogP contribution in [0.1, 0.15) is 47.2 Å². The number of amides is 1. The van der Waals surface area contributed by atoms with E-state index in [1.165, 1.54) is 0 Å². The lowest BCUT2D eigenvalue weighted by atomic mass is 9.92.